The summed E-state index contributed by atoms with van der Waals surface area (Å²) in [7, 11) is -3.48. The third kappa shape index (κ3) is 2.13. The van der Waals surface area contributed by atoms with Crippen molar-refractivity contribution in [3.8, 4) is 0 Å². The zero-order valence-electron chi connectivity index (χ0n) is 11.7. The van der Waals surface area contributed by atoms with E-state index >= 15 is 0 Å². The second-order valence-electron chi connectivity index (χ2n) is 6.36. The van der Waals surface area contributed by atoms with Gasteiger partial charge in [0.05, 0.1) is 0 Å². The van der Waals surface area contributed by atoms with E-state index in [1.165, 1.54) is 12.8 Å². The van der Waals surface area contributed by atoms with Gasteiger partial charge in [0, 0.05) is 28.8 Å². The first-order valence-electron chi connectivity index (χ1n) is 7.42. The predicted molar refractivity (Wildman–Crippen MR) is 82.3 cm³/mol. The standard InChI is InChI=1S/C15H19N3O2S/c16-11-3-4-12-14(7-11)17-8-15(12)21(19,20)18-13-6-9-1-2-10(13)5-9/h3-4,7-10,13,17-18H,1-2,5-6,16H2. The number of hydrogen-bond donors (Lipinski definition) is 3. The number of fused-ring (bicyclic) bond motifs is 3. The highest BCUT2D eigenvalue weighted by molar-refractivity contribution is 7.89. The Morgan fingerprint density at radius 1 is 1.24 bits per heavy atom. The van der Waals surface area contributed by atoms with Gasteiger partial charge in [-0.1, -0.05) is 6.42 Å². The molecular formula is C15H19N3O2S. The van der Waals surface area contributed by atoms with Crippen LogP contribution in [0.4, 0.5) is 5.69 Å². The lowest BCUT2D eigenvalue weighted by Gasteiger charge is -2.22. The number of benzene rings is 1. The molecule has 5 nitrogen and oxygen atoms in total. The summed E-state index contributed by atoms with van der Waals surface area (Å²) in [6.45, 7) is 0. The van der Waals surface area contributed by atoms with E-state index in [9.17, 15) is 8.42 Å². The molecule has 1 aromatic heterocycles. The highest BCUT2D eigenvalue weighted by Crippen LogP contribution is 2.45. The average molecular weight is 305 g/mol. The van der Waals surface area contributed by atoms with Crippen LogP contribution in [-0.2, 0) is 10.0 Å². The largest absolute Gasteiger partial charge is 0.399 e. The number of nitrogens with one attached hydrogen (secondary N) is 2. The van der Waals surface area contributed by atoms with Crippen molar-refractivity contribution in [1.29, 1.82) is 0 Å². The van der Waals surface area contributed by atoms with Gasteiger partial charge >= 0.3 is 0 Å². The second kappa shape index (κ2) is 4.48. The summed E-state index contributed by atoms with van der Waals surface area (Å²) in [4.78, 5) is 3.31. The lowest BCUT2D eigenvalue weighted by molar-refractivity contribution is 0.390. The molecule has 2 fully saturated rings. The molecule has 3 unspecified atom stereocenters. The molecule has 0 radical (unpaired) electrons. The molecule has 1 heterocycles. The summed E-state index contributed by atoms with van der Waals surface area (Å²) in [5, 5.41) is 0.694. The maximum absolute atomic E-state index is 12.7. The van der Waals surface area contributed by atoms with Crippen molar-refractivity contribution in [3.05, 3.63) is 24.4 Å². The topological polar surface area (TPSA) is 88.0 Å². The van der Waals surface area contributed by atoms with Crippen LogP contribution in [0.25, 0.3) is 10.9 Å². The van der Waals surface area contributed by atoms with E-state index < -0.39 is 10.0 Å². The fourth-order valence-electron chi connectivity index (χ4n) is 3.99. The van der Waals surface area contributed by atoms with Gasteiger partial charge in [0.15, 0.2) is 0 Å². The average Bonchev–Trinajstić information content (AvgIpc) is 3.11. The molecule has 4 N–H and O–H groups in total. The van der Waals surface area contributed by atoms with Gasteiger partial charge in [-0.25, -0.2) is 13.1 Å². The van der Waals surface area contributed by atoms with E-state index in [0.29, 0.717) is 27.8 Å². The summed E-state index contributed by atoms with van der Waals surface area (Å²) in [6.07, 6.45) is 6.13. The molecule has 21 heavy (non-hydrogen) atoms. The molecular weight excluding hydrogens is 286 g/mol. The minimum atomic E-state index is -3.48. The van der Waals surface area contributed by atoms with Crippen LogP contribution >= 0.6 is 0 Å². The molecule has 1 aromatic carbocycles. The number of hydrogen-bond acceptors (Lipinski definition) is 3. The molecule has 2 aliphatic carbocycles. The predicted octanol–water partition coefficient (Wildman–Crippen LogP) is 2.22. The molecule has 2 bridgehead atoms. The third-order valence-corrected chi connectivity index (χ3v) is 6.53. The summed E-state index contributed by atoms with van der Waals surface area (Å²) < 4.78 is 28.2. The van der Waals surface area contributed by atoms with Crippen LogP contribution in [0, 0.1) is 11.8 Å². The van der Waals surface area contributed by atoms with E-state index in [1.54, 1.807) is 24.4 Å². The fraction of sp³-hybridized carbons (Fsp3) is 0.467. The molecule has 2 aliphatic rings. The molecule has 0 saturated heterocycles. The van der Waals surface area contributed by atoms with Gasteiger partial charge in [-0.3, -0.25) is 0 Å². The van der Waals surface area contributed by atoms with E-state index in [0.717, 1.165) is 18.4 Å². The first-order chi connectivity index (χ1) is 10.0. The van der Waals surface area contributed by atoms with Gasteiger partial charge in [-0.15, -0.1) is 0 Å². The number of H-pyrrole nitrogens is 1. The van der Waals surface area contributed by atoms with Gasteiger partial charge in [0.1, 0.15) is 4.90 Å². The highest BCUT2D eigenvalue weighted by atomic mass is 32.2. The minimum absolute atomic E-state index is 0.104. The lowest BCUT2D eigenvalue weighted by Crippen LogP contribution is -2.38. The van der Waals surface area contributed by atoms with Crippen LogP contribution < -0.4 is 10.5 Å². The molecule has 0 spiro atoms. The number of anilines is 1. The monoisotopic (exact) mass is 305 g/mol. The van der Waals surface area contributed by atoms with Gasteiger partial charge < -0.3 is 10.7 Å². The van der Waals surface area contributed by atoms with Crippen LogP contribution in [0.2, 0.25) is 0 Å². The first kappa shape index (κ1) is 13.2. The lowest BCUT2D eigenvalue weighted by atomic mass is 9.96. The summed E-state index contributed by atoms with van der Waals surface area (Å²) in [6, 6.07) is 5.35. The van der Waals surface area contributed by atoms with Gasteiger partial charge in [-0.2, -0.15) is 0 Å². The van der Waals surface area contributed by atoms with E-state index in [-0.39, 0.29) is 6.04 Å². The van der Waals surface area contributed by atoms with E-state index in [2.05, 4.69) is 9.71 Å². The molecule has 0 aliphatic heterocycles. The highest BCUT2D eigenvalue weighted by Gasteiger charge is 2.41. The van der Waals surface area contributed by atoms with Crippen molar-refractivity contribution in [2.24, 2.45) is 11.8 Å². The molecule has 6 heteroatoms. The number of rotatable bonds is 3. The molecule has 3 atom stereocenters. The van der Waals surface area contributed by atoms with Crippen molar-refractivity contribution in [2.45, 2.75) is 36.6 Å². The Labute approximate surface area is 124 Å². The second-order valence-corrected chi connectivity index (χ2v) is 8.04. The van der Waals surface area contributed by atoms with Crippen molar-refractivity contribution in [2.75, 3.05) is 5.73 Å². The minimum Gasteiger partial charge on any atom is -0.399 e. The van der Waals surface area contributed by atoms with Gasteiger partial charge in [0.25, 0.3) is 0 Å². The Bertz CT molecular complexity index is 796. The Balaban J connectivity index is 1.67. The van der Waals surface area contributed by atoms with E-state index in [4.69, 9.17) is 5.73 Å². The Kier molecular flexibility index (Phi) is 2.81. The van der Waals surface area contributed by atoms with E-state index in [1.807, 2.05) is 0 Å². The normalized spacial score (nSPS) is 28.5. The first-order valence-corrected chi connectivity index (χ1v) is 8.90. The summed E-state index contributed by atoms with van der Waals surface area (Å²) >= 11 is 0. The molecule has 0 amide bonds. The maximum Gasteiger partial charge on any atom is 0.242 e. The number of nitrogen functional groups attached to an aromatic ring is 1. The summed E-state index contributed by atoms with van der Waals surface area (Å²) in [5.41, 5.74) is 7.10. The summed E-state index contributed by atoms with van der Waals surface area (Å²) in [5.74, 6) is 1.23. The molecule has 2 saturated carbocycles. The van der Waals surface area contributed by atoms with Crippen LogP contribution in [0.1, 0.15) is 25.7 Å². The SMILES string of the molecule is Nc1ccc2c(S(=O)(=O)NC3CC4CCC3C4)c[nH]c2c1. The van der Waals surface area contributed by atoms with Crippen LogP contribution in [0.15, 0.2) is 29.3 Å². The number of nitrogens with two attached hydrogens (primary N) is 1. The Morgan fingerprint density at radius 2 is 2.10 bits per heavy atom. The number of sulfonamides is 1. The zero-order chi connectivity index (χ0) is 14.6. The number of aromatic amines is 1. The van der Waals surface area contributed by atoms with Crippen molar-refractivity contribution in [1.82, 2.24) is 9.71 Å². The number of aromatic nitrogens is 1. The third-order valence-electron chi connectivity index (χ3n) is 5.00. The Morgan fingerprint density at radius 3 is 2.81 bits per heavy atom. The van der Waals surface area contributed by atoms with Crippen LogP contribution in [0.3, 0.4) is 0 Å². The van der Waals surface area contributed by atoms with Crippen LogP contribution in [0.5, 0.6) is 0 Å². The Hall–Kier alpha value is -1.53. The van der Waals surface area contributed by atoms with Gasteiger partial charge in [-0.05, 0) is 49.3 Å². The maximum atomic E-state index is 12.7. The van der Waals surface area contributed by atoms with Crippen molar-refractivity contribution >= 4 is 26.6 Å². The van der Waals surface area contributed by atoms with Gasteiger partial charge in [0.2, 0.25) is 10.0 Å². The zero-order valence-corrected chi connectivity index (χ0v) is 12.5. The smallest absolute Gasteiger partial charge is 0.242 e. The van der Waals surface area contributed by atoms with Crippen LogP contribution in [-0.4, -0.2) is 19.4 Å². The quantitative estimate of drug-likeness (QED) is 0.760. The van der Waals surface area contributed by atoms with Crippen molar-refractivity contribution in [3.63, 3.8) is 0 Å². The molecule has 4 rings (SSSR count). The van der Waals surface area contributed by atoms with Crippen molar-refractivity contribution < 1.29 is 8.42 Å². The molecule has 112 valence electrons. The fourth-order valence-corrected chi connectivity index (χ4v) is 5.49. The molecule has 2 aromatic rings.